The van der Waals surface area contributed by atoms with Crippen LogP contribution < -0.4 is 0 Å². The lowest BCUT2D eigenvalue weighted by Crippen LogP contribution is -2.28. The molecule has 1 nitrogen and oxygen atoms in total. The minimum atomic E-state index is 0.589. The summed E-state index contributed by atoms with van der Waals surface area (Å²) in [4.78, 5) is 0. The van der Waals surface area contributed by atoms with Gasteiger partial charge in [-0.1, -0.05) is 104 Å². The highest BCUT2D eigenvalue weighted by atomic mass is 16.5. The smallest absolute Gasteiger partial charge is 0.0575 e. The highest BCUT2D eigenvalue weighted by Gasteiger charge is 2.31. The van der Waals surface area contributed by atoms with Gasteiger partial charge in [-0.15, -0.1) is 0 Å². The van der Waals surface area contributed by atoms with E-state index in [1.807, 2.05) is 0 Å². The van der Waals surface area contributed by atoms with Crippen LogP contribution in [0.25, 0.3) is 0 Å². The van der Waals surface area contributed by atoms with Gasteiger partial charge in [-0.25, -0.2) is 0 Å². The summed E-state index contributed by atoms with van der Waals surface area (Å²) in [5.74, 6) is 5.20. The summed E-state index contributed by atoms with van der Waals surface area (Å²) in [6.45, 7) is 5.70. The molecule has 3 rings (SSSR count). The summed E-state index contributed by atoms with van der Waals surface area (Å²) in [6, 6.07) is 0. The zero-order valence-electron chi connectivity index (χ0n) is 22.1. The van der Waals surface area contributed by atoms with Gasteiger partial charge in [0.05, 0.1) is 6.10 Å². The van der Waals surface area contributed by atoms with Crippen molar-refractivity contribution in [2.45, 2.75) is 161 Å². The van der Waals surface area contributed by atoms with E-state index in [-0.39, 0.29) is 0 Å². The third kappa shape index (κ3) is 9.68. The molecular weight excluding hydrogens is 388 g/mol. The summed E-state index contributed by atoms with van der Waals surface area (Å²) in [5, 5.41) is 0. The van der Waals surface area contributed by atoms with Gasteiger partial charge in [-0.2, -0.15) is 0 Å². The highest BCUT2D eigenvalue weighted by Crippen LogP contribution is 2.41. The number of hydrogen-bond donors (Lipinski definition) is 0. The average Bonchev–Trinajstić information content (AvgIpc) is 2.84. The van der Waals surface area contributed by atoms with Crippen molar-refractivity contribution in [3.8, 4) is 0 Å². The summed E-state index contributed by atoms with van der Waals surface area (Å²) in [7, 11) is 0. The second-order valence-electron chi connectivity index (χ2n) is 12.2. The molecule has 0 heterocycles. The predicted octanol–water partition coefficient (Wildman–Crippen LogP) is 10.1. The van der Waals surface area contributed by atoms with Crippen LogP contribution in [0.5, 0.6) is 0 Å². The maximum Gasteiger partial charge on any atom is 0.0575 e. The van der Waals surface area contributed by atoms with E-state index in [9.17, 15) is 0 Å². The Kier molecular flexibility index (Phi) is 13.1. The van der Waals surface area contributed by atoms with Crippen molar-refractivity contribution < 1.29 is 4.74 Å². The quantitative estimate of drug-likeness (QED) is 0.241. The minimum absolute atomic E-state index is 0.589. The van der Waals surface area contributed by atoms with Crippen LogP contribution in [0.1, 0.15) is 155 Å². The summed E-state index contributed by atoms with van der Waals surface area (Å²) in [5.41, 5.74) is 0. The van der Waals surface area contributed by atoms with Gasteiger partial charge in [0.15, 0.2) is 0 Å². The van der Waals surface area contributed by atoms with Crippen LogP contribution >= 0.6 is 0 Å². The topological polar surface area (TPSA) is 9.23 Å². The summed E-state index contributed by atoms with van der Waals surface area (Å²) < 4.78 is 6.36. The van der Waals surface area contributed by atoms with Crippen molar-refractivity contribution in [1.29, 1.82) is 0 Å². The first-order valence-corrected chi connectivity index (χ1v) is 15.4. The summed E-state index contributed by atoms with van der Waals surface area (Å²) >= 11 is 0. The molecule has 0 N–H and O–H groups in total. The second-order valence-corrected chi connectivity index (χ2v) is 12.2. The molecule has 1 heteroatoms. The maximum absolute atomic E-state index is 6.36. The number of ether oxygens (including phenoxy) is 1. The van der Waals surface area contributed by atoms with E-state index < -0.39 is 0 Å². The van der Waals surface area contributed by atoms with Gasteiger partial charge in [-0.05, 0) is 81.0 Å². The minimum Gasteiger partial charge on any atom is -0.378 e. The van der Waals surface area contributed by atoms with Crippen molar-refractivity contribution in [1.82, 2.24) is 0 Å². The van der Waals surface area contributed by atoms with E-state index in [1.165, 1.54) is 141 Å². The molecule has 188 valence electrons. The monoisotopic (exact) mass is 446 g/mol. The highest BCUT2D eigenvalue weighted by molar-refractivity contribution is 4.82. The molecule has 3 saturated carbocycles. The van der Waals surface area contributed by atoms with E-state index >= 15 is 0 Å². The molecule has 0 saturated heterocycles. The first kappa shape index (κ1) is 26.6. The van der Waals surface area contributed by atoms with Crippen LogP contribution in [0, 0.1) is 29.6 Å². The lowest BCUT2D eigenvalue weighted by Gasteiger charge is -2.38. The lowest BCUT2D eigenvalue weighted by atomic mass is 9.70. The summed E-state index contributed by atoms with van der Waals surface area (Å²) in [6.07, 6.45) is 32.7. The molecule has 0 bridgehead atoms. The fraction of sp³-hybridized carbons (Fsp3) is 1.00. The molecule has 3 fully saturated rings. The van der Waals surface area contributed by atoms with Crippen LogP contribution in [0.2, 0.25) is 0 Å². The number of rotatable bonds is 14. The van der Waals surface area contributed by atoms with Crippen molar-refractivity contribution in [3.63, 3.8) is 0 Å². The second kappa shape index (κ2) is 15.8. The molecule has 0 spiro atoms. The molecule has 0 amide bonds. The zero-order valence-corrected chi connectivity index (χ0v) is 22.1. The van der Waals surface area contributed by atoms with Crippen LogP contribution in [-0.4, -0.2) is 12.7 Å². The largest absolute Gasteiger partial charge is 0.378 e. The Balaban J connectivity index is 1.18. The number of unbranched alkanes of at least 4 members (excludes halogenated alkanes) is 4. The first-order chi connectivity index (χ1) is 15.8. The van der Waals surface area contributed by atoms with Gasteiger partial charge >= 0.3 is 0 Å². The van der Waals surface area contributed by atoms with Crippen molar-refractivity contribution in [2.24, 2.45) is 29.6 Å². The third-order valence-corrected chi connectivity index (χ3v) is 9.77. The molecule has 0 aromatic heterocycles. The zero-order chi connectivity index (χ0) is 22.4. The van der Waals surface area contributed by atoms with Crippen molar-refractivity contribution >= 4 is 0 Å². The van der Waals surface area contributed by atoms with Gasteiger partial charge < -0.3 is 4.74 Å². The molecule has 0 unspecified atom stereocenters. The Morgan fingerprint density at radius 2 is 0.969 bits per heavy atom. The number of hydrogen-bond acceptors (Lipinski definition) is 1. The van der Waals surface area contributed by atoms with Gasteiger partial charge in [0.2, 0.25) is 0 Å². The molecule has 0 aromatic carbocycles. The molecule has 0 radical (unpaired) electrons. The standard InChI is InChI=1S/C31H58O/c1-3-5-6-7-8-11-27-17-19-29(20-18-27)30-21-23-31(24-22-30)32-25-9-12-28-15-13-26(10-4-2)14-16-28/h26-31H,3-25H2,1-2H3/t26?,27-,28?,29-,30?,31?. The van der Waals surface area contributed by atoms with Crippen LogP contribution in [0.15, 0.2) is 0 Å². The first-order valence-electron chi connectivity index (χ1n) is 15.4. The van der Waals surface area contributed by atoms with E-state index in [2.05, 4.69) is 13.8 Å². The molecule has 0 atom stereocenters. The van der Waals surface area contributed by atoms with Crippen molar-refractivity contribution in [3.05, 3.63) is 0 Å². The molecule has 32 heavy (non-hydrogen) atoms. The molecular formula is C31H58O. The Morgan fingerprint density at radius 1 is 0.469 bits per heavy atom. The fourth-order valence-electron chi connectivity index (χ4n) is 7.55. The fourth-order valence-corrected chi connectivity index (χ4v) is 7.55. The van der Waals surface area contributed by atoms with E-state index in [0.29, 0.717) is 6.10 Å². The van der Waals surface area contributed by atoms with E-state index in [1.54, 1.807) is 0 Å². The van der Waals surface area contributed by atoms with Gasteiger partial charge in [0.25, 0.3) is 0 Å². The van der Waals surface area contributed by atoms with E-state index in [0.717, 1.165) is 36.2 Å². The van der Waals surface area contributed by atoms with E-state index in [4.69, 9.17) is 4.74 Å². The molecule has 3 aliphatic rings. The SMILES string of the molecule is CCCCCCC[C@H]1CC[C@H](C2CCC(OCCCC3CCC(CCC)CC3)CC2)CC1. The average molecular weight is 447 g/mol. The Bertz CT molecular complexity index is 435. The van der Waals surface area contributed by atoms with Gasteiger partial charge in [-0.3, -0.25) is 0 Å². The molecule has 0 aromatic rings. The molecule has 3 aliphatic carbocycles. The normalized spacial score (nSPS) is 33.9. The Labute approximate surface area is 202 Å². The Hall–Kier alpha value is -0.0400. The van der Waals surface area contributed by atoms with Gasteiger partial charge in [0, 0.05) is 6.61 Å². The van der Waals surface area contributed by atoms with Crippen LogP contribution in [-0.2, 0) is 4.74 Å². The Morgan fingerprint density at radius 3 is 1.56 bits per heavy atom. The maximum atomic E-state index is 6.36. The predicted molar refractivity (Wildman–Crippen MR) is 140 cm³/mol. The van der Waals surface area contributed by atoms with Crippen LogP contribution in [0.4, 0.5) is 0 Å². The lowest BCUT2D eigenvalue weighted by molar-refractivity contribution is 0.00367. The third-order valence-electron chi connectivity index (χ3n) is 9.77. The van der Waals surface area contributed by atoms with Gasteiger partial charge in [0.1, 0.15) is 0 Å². The van der Waals surface area contributed by atoms with Crippen LogP contribution in [0.3, 0.4) is 0 Å². The molecule has 0 aliphatic heterocycles. The van der Waals surface area contributed by atoms with Crippen molar-refractivity contribution in [2.75, 3.05) is 6.61 Å².